The Bertz CT molecular complexity index is 388. The number of aromatic nitrogens is 1. The molecule has 1 aromatic heterocycles. The fraction of sp³-hybridized carbons (Fsp3) is 0.455. The molecule has 1 saturated heterocycles. The van der Waals surface area contributed by atoms with Crippen molar-refractivity contribution in [2.24, 2.45) is 0 Å². The molecular formula is C11H14N4. The van der Waals surface area contributed by atoms with E-state index in [4.69, 9.17) is 5.26 Å². The van der Waals surface area contributed by atoms with Gasteiger partial charge in [-0.15, -0.1) is 0 Å². The number of hydrogen-bond donors (Lipinski definition) is 2. The van der Waals surface area contributed by atoms with Crippen molar-refractivity contribution >= 4 is 5.82 Å². The van der Waals surface area contributed by atoms with Gasteiger partial charge in [0.25, 0.3) is 0 Å². The molecule has 4 heteroatoms. The summed E-state index contributed by atoms with van der Waals surface area (Å²) in [4.78, 5) is 4.36. The summed E-state index contributed by atoms with van der Waals surface area (Å²) in [6.07, 6.45) is 1.11. The second-order valence-corrected chi connectivity index (χ2v) is 3.83. The first-order valence-corrected chi connectivity index (χ1v) is 5.14. The van der Waals surface area contributed by atoms with Crippen LogP contribution < -0.4 is 10.6 Å². The van der Waals surface area contributed by atoms with Crippen LogP contribution in [0.25, 0.3) is 0 Å². The van der Waals surface area contributed by atoms with Crippen molar-refractivity contribution < 1.29 is 0 Å². The van der Waals surface area contributed by atoms with Gasteiger partial charge in [0.1, 0.15) is 5.82 Å². The molecule has 0 amide bonds. The molecule has 1 aromatic rings. The highest BCUT2D eigenvalue weighted by Gasteiger charge is 2.14. The molecule has 1 aliphatic heterocycles. The first-order valence-electron chi connectivity index (χ1n) is 5.14. The summed E-state index contributed by atoms with van der Waals surface area (Å²) in [5.41, 5.74) is 1.54. The maximum atomic E-state index is 8.83. The minimum absolute atomic E-state index is 0.436. The van der Waals surface area contributed by atoms with Crippen LogP contribution in [0.2, 0.25) is 0 Å². The third-order valence-electron chi connectivity index (χ3n) is 2.49. The van der Waals surface area contributed by atoms with E-state index in [2.05, 4.69) is 21.7 Å². The molecule has 1 unspecified atom stereocenters. The number of rotatable bonds is 2. The number of anilines is 1. The third-order valence-corrected chi connectivity index (χ3v) is 2.49. The van der Waals surface area contributed by atoms with Crippen LogP contribution in [-0.2, 0) is 0 Å². The van der Waals surface area contributed by atoms with Gasteiger partial charge in [-0.05, 0) is 32.0 Å². The lowest BCUT2D eigenvalue weighted by Gasteiger charge is -2.12. The molecular weight excluding hydrogens is 188 g/mol. The summed E-state index contributed by atoms with van der Waals surface area (Å²) >= 11 is 0. The van der Waals surface area contributed by atoms with Crippen LogP contribution in [0, 0.1) is 18.3 Å². The Kier molecular flexibility index (Phi) is 2.84. The molecule has 0 aromatic carbocycles. The summed E-state index contributed by atoms with van der Waals surface area (Å²) in [5, 5.41) is 15.4. The monoisotopic (exact) mass is 202 g/mol. The molecule has 0 spiro atoms. The fourth-order valence-electron chi connectivity index (χ4n) is 1.79. The Morgan fingerprint density at radius 2 is 2.47 bits per heavy atom. The molecule has 2 heterocycles. The molecule has 1 fully saturated rings. The van der Waals surface area contributed by atoms with E-state index in [0.29, 0.717) is 11.6 Å². The average molecular weight is 202 g/mol. The van der Waals surface area contributed by atoms with E-state index in [0.717, 1.165) is 31.0 Å². The minimum atomic E-state index is 0.436. The normalized spacial score (nSPS) is 19.9. The highest BCUT2D eigenvalue weighted by Crippen LogP contribution is 2.12. The van der Waals surface area contributed by atoms with Crippen LogP contribution in [0.4, 0.5) is 5.82 Å². The summed E-state index contributed by atoms with van der Waals surface area (Å²) in [5.74, 6) is 0.806. The Labute approximate surface area is 89.3 Å². The maximum Gasteiger partial charge on any atom is 0.127 e. The second kappa shape index (κ2) is 4.28. The number of nitrogens with zero attached hydrogens (tertiary/aromatic N) is 2. The highest BCUT2D eigenvalue weighted by atomic mass is 15.1. The highest BCUT2D eigenvalue weighted by molar-refractivity contribution is 5.45. The van der Waals surface area contributed by atoms with E-state index in [1.54, 1.807) is 12.1 Å². The number of nitriles is 1. The smallest absolute Gasteiger partial charge is 0.127 e. The molecule has 2 N–H and O–H groups in total. The van der Waals surface area contributed by atoms with E-state index < -0.39 is 0 Å². The van der Waals surface area contributed by atoms with Crippen molar-refractivity contribution in [1.82, 2.24) is 10.3 Å². The van der Waals surface area contributed by atoms with Crippen molar-refractivity contribution in [3.8, 4) is 6.07 Å². The molecule has 1 atom stereocenters. The minimum Gasteiger partial charge on any atom is -0.366 e. The summed E-state index contributed by atoms with van der Waals surface area (Å²) in [7, 11) is 0. The van der Waals surface area contributed by atoms with Crippen molar-refractivity contribution in [2.45, 2.75) is 19.4 Å². The van der Waals surface area contributed by atoms with Gasteiger partial charge in [-0.2, -0.15) is 5.26 Å². The zero-order valence-electron chi connectivity index (χ0n) is 8.75. The Hall–Kier alpha value is -1.60. The standard InChI is InChI=1S/C11H14N4/c1-8-4-9(6-12)5-11(14-8)15-10-2-3-13-7-10/h4-5,10,13H,2-3,7H2,1H3,(H,14,15). The summed E-state index contributed by atoms with van der Waals surface area (Å²) in [6.45, 7) is 3.92. The first kappa shape index (κ1) is 9.94. The van der Waals surface area contributed by atoms with Crippen LogP contribution >= 0.6 is 0 Å². The largest absolute Gasteiger partial charge is 0.366 e. The predicted octanol–water partition coefficient (Wildman–Crippen LogP) is 1.04. The van der Waals surface area contributed by atoms with Gasteiger partial charge in [-0.3, -0.25) is 0 Å². The van der Waals surface area contributed by atoms with Gasteiger partial charge in [0, 0.05) is 18.3 Å². The van der Waals surface area contributed by atoms with Crippen LogP contribution in [0.3, 0.4) is 0 Å². The molecule has 15 heavy (non-hydrogen) atoms. The molecule has 2 rings (SSSR count). The summed E-state index contributed by atoms with van der Waals surface area (Å²) < 4.78 is 0. The molecule has 1 aliphatic rings. The molecule has 0 bridgehead atoms. The first-order chi connectivity index (χ1) is 7.28. The fourth-order valence-corrected chi connectivity index (χ4v) is 1.79. The number of hydrogen-bond acceptors (Lipinski definition) is 4. The van der Waals surface area contributed by atoms with E-state index in [9.17, 15) is 0 Å². The van der Waals surface area contributed by atoms with E-state index in [-0.39, 0.29) is 0 Å². The maximum absolute atomic E-state index is 8.83. The van der Waals surface area contributed by atoms with Gasteiger partial charge in [-0.1, -0.05) is 0 Å². The average Bonchev–Trinajstić information content (AvgIpc) is 2.69. The topological polar surface area (TPSA) is 60.7 Å². The molecule has 78 valence electrons. The molecule has 0 radical (unpaired) electrons. The quantitative estimate of drug-likeness (QED) is 0.752. The van der Waals surface area contributed by atoms with Gasteiger partial charge in [0.2, 0.25) is 0 Å². The van der Waals surface area contributed by atoms with Gasteiger partial charge in [0.15, 0.2) is 0 Å². The SMILES string of the molecule is Cc1cc(C#N)cc(NC2CCNC2)n1. The Morgan fingerprint density at radius 3 is 3.13 bits per heavy atom. The lowest BCUT2D eigenvalue weighted by Crippen LogP contribution is -2.22. The number of nitrogens with one attached hydrogen (secondary N) is 2. The van der Waals surface area contributed by atoms with Crippen LogP contribution in [0.1, 0.15) is 17.7 Å². The summed E-state index contributed by atoms with van der Waals surface area (Å²) in [6, 6.07) is 6.16. The van der Waals surface area contributed by atoms with E-state index in [1.165, 1.54) is 0 Å². The van der Waals surface area contributed by atoms with Gasteiger partial charge >= 0.3 is 0 Å². The van der Waals surface area contributed by atoms with Crippen LogP contribution in [-0.4, -0.2) is 24.1 Å². The number of pyridine rings is 1. The molecule has 4 nitrogen and oxygen atoms in total. The number of aryl methyl sites for hydroxylation is 1. The molecule has 0 saturated carbocycles. The molecule has 0 aliphatic carbocycles. The Balaban J connectivity index is 2.13. The lowest BCUT2D eigenvalue weighted by molar-refractivity contribution is 0.787. The third kappa shape index (κ3) is 2.45. The van der Waals surface area contributed by atoms with Gasteiger partial charge in [-0.25, -0.2) is 4.98 Å². The second-order valence-electron chi connectivity index (χ2n) is 3.83. The lowest BCUT2D eigenvalue weighted by atomic mass is 10.2. The van der Waals surface area contributed by atoms with E-state index >= 15 is 0 Å². The van der Waals surface area contributed by atoms with Crippen molar-refractivity contribution in [2.75, 3.05) is 18.4 Å². The van der Waals surface area contributed by atoms with Crippen molar-refractivity contribution in [1.29, 1.82) is 5.26 Å². The zero-order chi connectivity index (χ0) is 10.7. The predicted molar refractivity (Wildman–Crippen MR) is 58.6 cm³/mol. The van der Waals surface area contributed by atoms with E-state index in [1.807, 2.05) is 6.92 Å². The van der Waals surface area contributed by atoms with Crippen molar-refractivity contribution in [3.63, 3.8) is 0 Å². The Morgan fingerprint density at radius 1 is 1.60 bits per heavy atom. The van der Waals surface area contributed by atoms with Gasteiger partial charge < -0.3 is 10.6 Å². The van der Waals surface area contributed by atoms with Crippen molar-refractivity contribution in [3.05, 3.63) is 23.4 Å². The zero-order valence-corrected chi connectivity index (χ0v) is 8.75. The van der Waals surface area contributed by atoms with Crippen LogP contribution in [0.15, 0.2) is 12.1 Å². The van der Waals surface area contributed by atoms with Crippen LogP contribution in [0.5, 0.6) is 0 Å². The van der Waals surface area contributed by atoms with Gasteiger partial charge in [0.05, 0.1) is 11.6 Å².